The highest BCUT2D eigenvalue weighted by Crippen LogP contribution is 2.43. The third-order valence-electron chi connectivity index (χ3n) is 5.38. The molecule has 0 radical (unpaired) electrons. The van der Waals surface area contributed by atoms with Gasteiger partial charge in [-0.05, 0) is 43.5 Å². The normalized spacial score (nSPS) is 27.1. The minimum absolute atomic E-state index is 0.0540. The van der Waals surface area contributed by atoms with Crippen LogP contribution >= 0.6 is 0 Å². The molecule has 2 aliphatic heterocycles. The number of anilines is 1. The van der Waals surface area contributed by atoms with Crippen molar-refractivity contribution in [1.29, 1.82) is 0 Å². The van der Waals surface area contributed by atoms with Crippen LogP contribution in [0.15, 0.2) is 24.3 Å². The zero-order valence-corrected chi connectivity index (χ0v) is 13.5. The minimum atomic E-state index is -0.0540. The van der Waals surface area contributed by atoms with Crippen molar-refractivity contribution in [2.75, 3.05) is 31.6 Å². The Kier molecular flexibility index (Phi) is 3.32. The van der Waals surface area contributed by atoms with Crippen LogP contribution in [0.4, 0.5) is 5.69 Å². The van der Waals surface area contributed by atoms with Crippen LogP contribution < -0.4 is 9.64 Å². The number of amides is 2. The fourth-order valence-corrected chi connectivity index (χ4v) is 3.88. The smallest absolute Gasteiger partial charge is 0.227 e. The third kappa shape index (κ3) is 2.58. The molecule has 5 nitrogen and oxygen atoms in total. The first-order valence-corrected chi connectivity index (χ1v) is 8.33. The van der Waals surface area contributed by atoms with Crippen LogP contribution in [-0.2, 0) is 9.59 Å². The van der Waals surface area contributed by atoms with Gasteiger partial charge in [0.2, 0.25) is 11.8 Å². The van der Waals surface area contributed by atoms with Crippen LogP contribution in [0.3, 0.4) is 0 Å². The first-order chi connectivity index (χ1) is 11.1. The van der Waals surface area contributed by atoms with Crippen molar-refractivity contribution < 1.29 is 14.3 Å². The third-order valence-corrected chi connectivity index (χ3v) is 5.38. The predicted octanol–water partition coefficient (Wildman–Crippen LogP) is 2.06. The van der Waals surface area contributed by atoms with Crippen molar-refractivity contribution in [3.8, 4) is 5.75 Å². The average Bonchev–Trinajstić information content (AvgIpc) is 3.27. The summed E-state index contributed by atoms with van der Waals surface area (Å²) in [7, 11) is 1.63. The minimum Gasteiger partial charge on any atom is -0.497 e. The number of hydrogen-bond donors (Lipinski definition) is 0. The van der Waals surface area contributed by atoms with E-state index >= 15 is 0 Å². The molecule has 1 aliphatic carbocycles. The number of benzene rings is 1. The summed E-state index contributed by atoms with van der Waals surface area (Å²) in [6.45, 7) is 2.26. The second-order valence-corrected chi connectivity index (χ2v) is 7.14. The lowest BCUT2D eigenvalue weighted by atomic mass is 9.86. The average molecular weight is 314 g/mol. The summed E-state index contributed by atoms with van der Waals surface area (Å²) in [5, 5.41) is 0. The number of hydrogen-bond acceptors (Lipinski definition) is 3. The van der Waals surface area contributed by atoms with E-state index in [0.29, 0.717) is 18.9 Å². The Hall–Kier alpha value is -2.04. The highest BCUT2D eigenvalue weighted by Gasteiger charge is 2.50. The van der Waals surface area contributed by atoms with Crippen molar-refractivity contribution in [1.82, 2.24) is 4.90 Å². The predicted molar refractivity (Wildman–Crippen MR) is 86.3 cm³/mol. The molecule has 0 unspecified atom stereocenters. The molecule has 0 N–H and O–H groups in total. The molecule has 2 saturated heterocycles. The van der Waals surface area contributed by atoms with Gasteiger partial charge in [-0.3, -0.25) is 9.59 Å². The largest absolute Gasteiger partial charge is 0.497 e. The lowest BCUT2D eigenvalue weighted by Crippen LogP contribution is -2.34. The summed E-state index contributed by atoms with van der Waals surface area (Å²) in [6.07, 6.45) is 3.57. The monoisotopic (exact) mass is 314 g/mol. The molecule has 5 heteroatoms. The summed E-state index contributed by atoms with van der Waals surface area (Å²) >= 11 is 0. The standard InChI is InChI=1S/C18H22N2O3/c1-23-15-6-4-14(5-7-15)20-12-18(10-16(20)21)8-9-19(11-18)17(22)13-2-3-13/h4-7,13H,2-3,8-12H2,1H3/t18-/m1/s1. The van der Waals surface area contributed by atoms with Gasteiger partial charge in [0.05, 0.1) is 7.11 Å². The zero-order chi connectivity index (χ0) is 16.0. The Labute approximate surface area is 136 Å². The van der Waals surface area contributed by atoms with Gasteiger partial charge in [0.15, 0.2) is 0 Å². The van der Waals surface area contributed by atoms with Gasteiger partial charge < -0.3 is 14.5 Å². The highest BCUT2D eigenvalue weighted by molar-refractivity contribution is 5.96. The Morgan fingerprint density at radius 3 is 2.61 bits per heavy atom. The number of nitrogens with zero attached hydrogens (tertiary/aromatic N) is 2. The number of rotatable bonds is 3. The Morgan fingerprint density at radius 1 is 1.22 bits per heavy atom. The fourth-order valence-electron chi connectivity index (χ4n) is 3.88. The van der Waals surface area contributed by atoms with Crippen molar-refractivity contribution >= 4 is 17.5 Å². The van der Waals surface area contributed by atoms with Gasteiger partial charge in [-0.1, -0.05) is 0 Å². The maximum Gasteiger partial charge on any atom is 0.227 e. The number of carbonyl (C=O) groups is 2. The molecule has 1 aromatic carbocycles. The van der Waals surface area contributed by atoms with Crippen molar-refractivity contribution in [3.63, 3.8) is 0 Å². The van der Waals surface area contributed by atoms with E-state index in [1.807, 2.05) is 34.1 Å². The zero-order valence-electron chi connectivity index (χ0n) is 13.5. The topological polar surface area (TPSA) is 49.9 Å². The molecule has 23 heavy (non-hydrogen) atoms. The van der Waals surface area contributed by atoms with E-state index in [0.717, 1.165) is 43.8 Å². The fraction of sp³-hybridized carbons (Fsp3) is 0.556. The lowest BCUT2D eigenvalue weighted by Gasteiger charge is -2.24. The van der Waals surface area contributed by atoms with Gasteiger partial charge in [-0.2, -0.15) is 0 Å². The Bertz CT molecular complexity index is 638. The quantitative estimate of drug-likeness (QED) is 0.858. The second kappa shape index (κ2) is 5.25. The van der Waals surface area contributed by atoms with E-state index in [1.54, 1.807) is 7.11 Å². The van der Waals surface area contributed by atoms with Crippen molar-refractivity contribution in [2.24, 2.45) is 11.3 Å². The summed E-state index contributed by atoms with van der Waals surface area (Å²) in [5.41, 5.74) is 0.862. The van der Waals surface area contributed by atoms with E-state index in [1.165, 1.54) is 0 Å². The summed E-state index contributed by atoms with van der Waals surface area (Å²) < 4.78 is 5.17. The molecule has 1 aromatic rings. The number of likely N-dealkylation sites (tertiary alicyclic amines) is 1. The van der Waals surface area contributed by atoms with Crippen molar-refractivity contribution in [2.45, 2.75) is 25.7 Å². The first-order valence-electron chi connectivity index (χ1n) is 8.33. The molecule has 2 amide bonds. The molecule has 3 aliphatic rings. The molecule has 0 bridgehead atoms. The lowest BCUT2D eigenvalue weighted by molar-refractivity contribution is -0.132. The van der Waals surface area contributed by atoms with Gasteiger partial charge in [0.1, 0.15) is 5.75 Å². The molecular weight excluding hydrogens is 292 g/mol. The summed E-state index contributed by atoms with van der Waals surface area (Å²) in [4.78, 5) is 28.6. The number of methoxy groups -OCH3 is 1. The molecular formula is C18H22N2O3. The Morgan fingerprint density at radius 2 is 1.96 bits per heavy atom. The molecule has 122 valence electrons. The van der Waals surface area contributed by atoms with Gasteiger partial charge in [0, 0.05) is 43.1 Å². The molecule has 4 rings (SSSR count). The van der Waals surface area contributed by atoms with Crippen molar-refractivity contribution in [3.05, 3.63) is 24.3 Å². The summed E-state index contributed by atoms with van der Waals surface area (Å²) in [6, 6.07) is 7.62. The van der Waals surface area contributed by atoms with E-state index in [9.17, 15) is 9.59 Å². The van der Waals surface area contributed by atoms with Gasteiger partial charge in [-0.25, -0.2) is 0 Å². The van der Waals surface area contributed by atoms with Crippen LogP contribution in [0.25, 0.3) is 0 Å². The maximum absolute atomic E-state index is 12.5. The van der Waals surface area contributed by atoms with Crippen LogP contribution in [0.5, 0.6) is 5.75 Å². The van der Waals surface area contributed by atoms with E-state index in [2.05, 4.69) is 0 Å². The number of carbonyl (C=O) groups excluding carboxylic acids is 2. The van der Waals surface area contributed by atoms with Gasteiger partial charge >= 0.3 is 0 Å². The molecule has 1 spiro atoms. The van der Waals surface area contributed by atoms with Gasteiger partial charge in [0.25, 0.3) is 0 Å². The molecule has 1 atom stereocenters. The van der Waals surface area contributed by atoms with E-state index < -0.39 is 0 Å². The van der Waals surface area contributed by atoms with Crippen LogP contribution in [0.2, 0.25) is 0 Å². The van der Waals surface area contributed by atoms with Gasteiger partial charge in [-0.15, -0.1) is 0 Å². The molecule has 0 aromatic heterocycles. The molecule has 1 saturated carbocycles. The Balaban J connectivity index is 1.48. The molecule has 3 fully saturated rings. The molecule has 2 heterocycles. The maximum atomic E-state index is 12.5. The second-order valence-electron chi connectivity index (χ2n) is 7.14. The summed E-state index contributed by atoms with van der Waals surface area (Å²) in [5.74, 6) is 1.52. The first kappa shape index (κ1) is 14.5. The van der Waals surface area contributed by atoms with Crippen LogP contribution in [0.1, 0.15) is 25.7 Å². The number of ether oxygens (including phenoxy) is 1. The van der Waals surface area contributed by atoms with E-state index in [4.69, 9.17) is 4.74 Å². The highest BCUT2D eigenvalue weighted by atomic mass is 16.5. The van der Waals surface area contributed by atoms with Crippen LogP contribution in [0, 0.1) is 11.3 Å². The SMILES string of the molecule is COc1ccc(N2C[C@]3(CCN(C(=O)C4CC4)C3)CC2=O)cc1. The van der Waals surface area contributed by atoms with Crippen LogP contribution in [-0.4, -0.2) is 43.5 Å². The van der Waals surface area contributed by atoms with E-state index in [-0.39, 0.29) is 17.2 Å².